The molecular formula is C16H16ClNO. The van der Waals surface area contributed by atoms with Crippen LogP contribution in [0.25, 0.3) is 0 Å². The topological polar surface area (TPSA) is 20.3 Å². The van der Waals surface area contributed by atoms with E-state index in [0.717, 1.165) is 11.3 Å². The molecule has 19 heavy (non-hydrogen) atoms. The van der Waals surface area contributed by atoms with Crippen LogP contribution in [0.2, 0.25) is 5.02 Å². The summed E-state index contributed by atoms with van der Waals surface area (Å²) in [7, 11) is 0. The number of amides is 1. The van der Waals surface area contributed by atoms with Gasteiger partial charge in [-0.15, -0.1) is 0 Å². The Balaban J connectivity index is 2.11. The largest absolute Gasteiger partial charge is 0.312 e. The summed E-state index contributed by atoms with van der Waals surface area (Å²) < 4.78 is 0. The van der Waals surface area contributed by atoms with E-state index in [1.807, 2.05) is 61.5 Å². The number of benzene rings is 2. The molecule has 0 saturated heterocycles. The van der Waals surface area contributed by atoms with E-state index in [2.05, 4.69) is 0 Å². The Morgan fingerprint density at radius 3 is 2.26 bits per heavy atom. The van der Waals surface area contributed by atoms with E-state index in [4.69, 9.17) is 11.6 Å². The number of hydrogen-bond acceptors (Lipinski definition) is 1. The van der Waals surface area contributed by atoms with E-state index in [1.165, 1.54) is 0 Å². The van der Waals surface area contributed by atoms with Crippen molar-refractivity contribution < 1.29 is 4.79 Å². The smallest absolute Gasteiger partial charge is 0.231 e. The van der Waals surface area contributed by atoms with E-state index >= 15 is 0 Å². The number of nitrogens with zero attached hydrogens (tertiary/aromatic N) is 1. The van der Waals surface area contributed by atoms with Crippen molar-refractivity contribution in [1.29, 1.82) is 0 Å². The second kappa shape index (κ2) is 6.39. The summed E-state index contributed by atoms with van der Waals surface area (Å²) in [6.07, 6.45) is 0.389. The van der Waals surface area contributed by atoms with Gasteiger partial charge in [-0.05, 0) is 36.8 Å². The quantitative estimate of drug-likeness (QED) is 0.826. The Kier molecular flexibility index (Phi) is 4.58. The first kappa shape index (κ1) is 13.6. The number of para-hydroxylation sites is 1. The third-order valence-corrected chi connectivity index (χ3v) is 3.21. The normalized spacial score (nSPS) is 10.2. The molecule has 0 radical (unpaired) electrons. The molecule has 0 aliphatic rings. The maximum Gasteiger partial charge on any atom is 0.231 e. The van der Waals surface area contributed by atoms with Crippen LogP contribution in [-0.4, -0.2) is 12.5 Å². The summed E-state index contributed by atoms with van der Waals surface area (Å²) in [5.41, 5.74) is 1.91. The van der Waals surface area contributed by atoms with Crippen molar-refractivity contribution in [2.45, 2.75) is 13.3 Å². The van der Waals surface area contributed by atoms with E-state index < -0.39 is 0 Å². The van der Waals surface area contributed by atoms with Crippen molar-refractivity contribution in [3.05, 3.63) is 65.2 Å². The molecule has 98 valence electrons. The number of likely N-dealkylation sites (N-methyl/N-ethyl adjacent to an activating group) is 1. The first-order valence-corrected chi connectivity index (χ1v) is 6.68. The lowest BCUT2D eigenvalue weighted by molar-refractivity contribution is -0.117. The van der Waals surface area contributed by atoms with Crippen molar-refractivity contribution in [1.82, 2.24) is 0 Å². The van der Waals surface area contributed by atoms with Crippen LogP contribution in [0.15, 0.2) is 54.6 Å². The van der Waals surface area contributed by atoms with E-state index in [1.54, 1.807) is 4.90 Å². The number of rotatable bonds is 4. The highest BCUT2D eigenvalue weighted by Crippen LogP contribution is 2.16. The van der Waals surface area contributed by atoms with Crippen molar-refractivity contribution in [3.8, 4) is 0 Å². The Hall–Kier alpha value is -1.80. The molecule has 2 rings (SSSR count). The highest BCUT2D eigenvalue weighted by atomic mass is 35.5. The second-order valence-electron chi connectivity index (χ2n) is 4.28. The Bertz CT molecular complexity index is 536. The average molecular weight is 274 g/mol. The zero-order valence-corrected chi connectivity index (χ0v) is 11.6. The van der Waals surface area contributed by atoms with Crippen LogP contribution < -0.4 is 4.90 Å². The van der Waals surface area contributed by atoms with E-state index in [-0.39, 0.29) is 5.91 Å². The molecule has 0 heterocycles. The number of carbonyl (C=O) groups is 1. The Morgan fingerprint density at radius 2 is 1.68 bits per heavy atom. The third kappa shape index (κ3) is 3.58. The van der Waals surface area contributed by atoms with Gasteiger partial charge in [0.15, 0.2) is 0 Å². The van der Waals surface area contributed by atoms with Gasteiger partial charge < -0.3 is 4.90 Å². The molecule has 0 aromatic heterocycles. The van der Waals surface area contributed by atoms with E-state index in [9.17, 15) is 4.79 Å². The SMILES string of the molecule is CCN(C(=O)Cc1ccc(Cl)cc1)c1ccccc1. The fourth-order valence-corrected chi connectivity index (χ4v) is 2.11. The Morgan fingerprint density at radius 1 is 1.05 bits per heavy atom. The summed E-state index contributed by atoms with van der Waals surface area (Å²) in [6.45, 7) is 2.64. The molecule has 0 spiro atoms. The van der Waals surface area contributed by atoms with Crippen LogP contribution in [0.4, 0.5) is 5.69 Å². The monoisotopic (exact) mass is 273 g/mol. The van der Waals surface area contributed by atoms with Crippen LogP contribution in [0.5, 0.6) is 0 Å². The average Bonchev–Trinajstić information content (AvgIpc) is 2.43. The molecule has 0 unspecified atom stereocenters. The van der Waals surface area contributed by atoms with Crippen LogP contribution in [-0.2, 0) is 11.2 Å². The third-order valence-electron chi connectivity index (χ3n) is 2.95. The van der Waals surface area contributed by atoms with Gasteiger partial charge in [0.25, 0.3) is 0 Å². The van der Waals surface area contributed by atoms with Crippen molar-refractivity contribution in [3.63, 3.8) is 0 Å². The summed E-state index contributed by atoms with van der Waals surface area (Å²) in [5, 5.41) is 0.687. The molecule has 0 atom stereocenters. The number of carbonyl (C=O) groups excluding carboxylic acids is 1. The molecule has 1 amide bonds. The predicted octanol–water partition coefficient (Wildman–Crippen LogP) is 3.94. The fraction of sp³-hybridized carbons (Fsp3) is 0.188. The molecule has 0 bridgehead atoms. The molecule has 0 saturated carbocycles. The minimum absolute atomic E-state index is 0.0935. The summed E-state index contributed by atoms with van der Waals surface area (Å²) in [6, 6.07) is 17.1. The lowest BCUT2D eigenvalue weighted by atomic mass is 10.1. The van der Waals surface area contributed by atoms with Gasteiger partial charge in [-0.1, -0.05) is 41.9 Å². The van der Waals surface area contributed by atoms with Crippen molar-refractivity contribution in [2.24, 2.45) is 0 Å². The van der Waals surface area contributed by atoms with Crippen LogP contribution in [0.3, 0.4) is 0 Å². The zero-order valence-electron chi connectivity index (χ0n) is 10.8. The minimum Gasteiger partial charge on any atom is -0.312 e. The number of anilines is 1. The van der Waals surface area contributed by atoms with Gasteiger partial charge in [0, 0.05) is 17.3 Å². The maximum absolute atomic E-state index is 12.3. The van der Waals surface area contributed by atoms with Gasteiger partial charge in [0.2, 0.25) is 5.91 Å². The van der Waals surface area contributed by atoms with Gasteiger partial charge >= 0.3 is 0 Å². The molecule has 0 N–H and O–H groups in total. The molecule has 2 nitrogen and oxygen atoms in total. The minimum atomic E-state index is 0.0935. The lowest BCUT2D eigenvalue weighted by Gasteiger charge is -2.21. The highest BCUT2D eigenvalue weighted by molar-refractivity contribution is 6.30. The number of halogens is 1. The van der Waals surface area contributed by atoms with Crippen molar-refractivity contribution in [2.75, 3.05) is 11.4 Å². The molecule has 3 heteroatoms. The summed E-state index contributed by atoms with van der Waals surface area (Å²) >= 11 is 5.84. The standard InChI is InChI=1S/C16H16ClNO/c1-2-18(15-6-4-3-5-7-15)16(19)12-13-8-10-14(17)11-9-13/h3-11H,2,12H2,1H3. The van der Waals surface area contributed by atoms with Gasteiger partial charge in [-0.2, -0.15) is 0 Å². The molecule has 2 aromatic rings. The van der Waals surface area contributed by atoms with Gasteiger partial charge in [-0.3, -0.25) is 4.79 Å². The lowest BCUT2D eigenvalue weighted by Crippen LogP contribution is -2.31. The van der Waals surface area contributed by atoms with Crippen molar-refractivity contribution >= 4 is 23.2 Å². The fourth-order valence-electron chi connectivity index (χ4n) is 1.98. The van der Waals surface area contributed by atoms with Gasteiger partial charge in [0.05, 0.1) is 6.42 Å². The van der Waals surface area contributed by atoms with Crippen LogP contribution in [0, 0.1) is 0 Å². The van der Waals surface area contributed by atoms with E-state index in [0.29, 0.717) is 18.0 Å². The van der Waals surface area contributed by atoms with Crippen LogP contribution >= 0.6 is 11.6 Å². The van der Waals surface area contributed by atoms with Crippen LogP contribution in [0.1, 0.15) is 12.5 Å². The first-order valence-electron chi connectivity index (χ1n) is 6.30. The van der Waals surface area contributed by atoms with Gasteiger partial charge in [-0.25, -0.2) is 0 Å². The predicted molar refractivity (Wildman–Crippen MR) is 79.6 cm³/mol. The Labute approximate surface area is 118 Å². The van der Waals surface area contributed by atoms with Gasteiger partial charge in [0.1, 0.15) is 0 Å². The second-order valence-corrected chi connectivity index (χ2v) is 4.71. The molecule has 2 aromatic carbocycles. The zero-order chi connectivity index (χ0) is 13.7. The maximum atomic E-state index is 12.3. The summed E-state index contributed by atoms with van der Waals surface area (Å²) in [5.74, 6) is 0.0935. The molecular weight excluding hydrogens is 258 g/mol. The summed E-state index contributed by atoms with van der Waals surface area (Å²) in [4.78, 5) is 14.1. The molecule has 0 aliphatic carbocycles. The number of hydrogen-bond donors (Lipinski definition) is 0. The first-order chi connectivity index (χ1) is 9.20. The molecule has 0 aliphatic heterocycles. The highest BCUT2D eigenvalue weighted by Gasteiger charge is 2.13. The molecule has 0 fully saturated rings.